The number of urea groups is 1. The first-order valence-electron chi connectivity index (χ1n) is 9.18. The highest BCUT2D eigenvalue weighted by atomic mass is 16.5. The Kier molecular flexibility index (Phi) is 6.23. The van der Waals surface area contributed by atoms with Gasteiger partial charge in [-0.15, -0.1) is 0 Å². The first kappa shape index (κ1) is 20.1. The molecular weight excluding hydrogens is 374 g/mol. The number of hydrogen-bond acceptors (Lipinski definition) is 5. The lowest BCUT2D eigenvalue weighted by Crippen LogP contribution is -2.41. The zero-order valence-corrected chi connectivity index (χ0v) is 15.9. The van der Waals surface area contributed by atoms with Crippen LogP contribution in [0.2, 0.25) is 0 Å². The van der Waals surface area contributed by atoms with E-state index >= 15 is 0 Å². The Morgan fingerprint density at radius 3 is 2.31 bits per heavy atom. The van der Waals surface area contributed by atoms with Gasteiger partial charge in [0.2, 0.25) is 12.0 Å². The van der Waals surface area contributed by atoms with Crippen molar-refractivity contribution in [3.05, 3.63) is 65.7 Å². The van der Waals surface area contributed by atoms with Crippen LogP contribution in [0.25, 0.3) is 0 Å². The molecule has 2 N–H and O–H groups in total. The Bertz CT molecular complexity index is 912. The number of esters is 1. The molecule has 1 aliphatic heterocycles. The predicted molar refractivity (Wildman–Crippen MR) is 105 cm³/mol. The van der Waals surface area contributed by atoms with Crippen LogP contribution < -0.4 is 15.5 Å². The van der Waals surface area contributed by atoms with E-state index in [1.54, 1.807) is 59.5 Å². The lowest BCUT2D eigenvalue weighted by Gasteiger charge is -2.18. The van der Waals surface area contributed by atoms with Crippen LogP contribution >= 0.6 is 0 Å². The number of anilines is 1. The maximum atomic E-state index is 12.6. The summed E-state index contributed by atoms with van der Waals surface area (Å²) >= 11 is 0. The monoisotopic (exact) mass is 395 g/mol. The molecule has 0 bridgehead atoms. The zero-order valence-electron chi connectivity index (χ0n) is 15.9. The molecule has 1 atom stereocenters. The minimum absolute atomic E-state index is 0.0512. The van der Waals surface area contributed by atoms with E-state index in [1.807, 2.05) is 0 Å². The van der Waals surface area contributed by atoms with E-state index in [4.69, 9.17) is 4.74 Å². The molecule has 1 heterocycles. The molecule has 8 heteroatoms. The molecule has 0 radical (unpaired) electrons. The van der Waals surface area contributed by atoms with Gasteiger partial charge >= 0.3 is 12.0 Å². The SMILES string of the molecule is CNC(=O)NC(=O)[C@H](OC(=O)c1ccc(N2CCCC2=O)cc1)c1ccccc1. The number of rotatable bonds is 5. The van der Waals surface area contributed by atoms with E-state index in [2.05, 4.69) is 10.6 Å². The standard InChI is InChI=1S/C21H21N3O5/c1-22-21(28)23-19(26)18(14-6-3-2-4-7-14)29-20(27)15-9-11-16(12-10-15)24-13-5-8-17(24)25/h2-4,6-7,9-12,18H,5,8,13H2,1H3,(H2,22,23,26,28)/t18-/m1/s1. The Hall–Kier alpha value is -3.68. The maximum Gasteiger partial charge on any atom is 0.339 e. The van der Waals surface area contributed by atoms with Crippen molar-refractivity contribution >= 4 is 29.5 Å². The molecule has 150 valence electrons. The lowest BCUT2D eigenvalue weighted by atomic mass is 10.1. The fourth-order valence-corrected chi connectivity index (χ4v) is 3.01. The van der Waals surface area contributed by atoms with E-state index < -0.39 is 24.0 Å². The molecule has 1 fully saturated rings. The van der Waals surface area contributed by atoms with Crippen molar-refractivity contribution in [1.82, 2.24) is 10.6 Å². The summed E-state index contributed by atoms with van der Waals surface area (Å²) in [5, 5.41) is 4.41. The molecule has 0 aliphatic carbocycles. The fraction of sp³-hybridized carbons (Fsp3) is 0.238. The van der Waals surface area contributed by atoms with Crippen LogP contribution in [-0.4, -0.2) is 37.4 Å². The third-order valence-corrected chi connectivity index (χ3v) is 4.52. The van der Waals surface area contributed by atoms with Crippen LogP contribution in [0.1, 0.15) is 34.9 Å². The number of carbonyl (C=O) groups excluding carboxylic acids is 4. The first-order chi connectivity index (χ1) is 14.0. The highest BCUT2D eigenvalue weighted by molar-refractivity contribution is 5.99. The number of nitrogens with zero attached hydrogens (tertiary/aromatic N) is 1. The Labute approximate surface area is 167 Å². The van der Waals surface area contributed by atoms with Gasteiger partial charge in [-0.1, -0.05) is 30.3 Å². The van der Waals surface area contributed by atoms with Crippen molar-refractivity contribution in [3.8, 4) is 0 Å². The predicted octanol–water partition coefficient (Wildman–Crippen LogP) is 2.17. The summed E-state index contributed by atoms with van der Waals surface area (Å²) in [4.78, 5) is 50.0. The average Bonchev–Trinajstić information content (AvgIpc) is 3.18. The van der Waals surface area contributed by atoms with Gasteiger partial charge in [-0.2, -0.15) is 0 Å². The number of nitrogens with one attached hydrogen (secondary N) is 2. The molecule has 2 aromatic rings. The van der Waals surface area contributed by atoms with Crippen molar-refractivity contribution in [3.63, 3.8) is 0 Å². The molecule has 29 heavy (non-hydrogen) atoms. The van der Waals surface area contributed by atoms with Gasteiger partial charge in [0.1, 0.15) is 0 Å². The minimum Gasteiger partial charge on any atom is -0.444 e. The number of imide groups is 1. The van der Waals surface area contributed by atoms with Crippen LogP contribution in [0.5, 0.6) is 0 Å². The minimum atomic E-state index is -1.29. The van der Waals surface area contributed by atoms with Gasteiger partial charge in [0.05, 0.1) is 5.56 Å². The van der Waals surface area contributed by atoms with Crippen LogP contribution in [0.3, 0.4) is 0 Å². The summed E-state index contributed by atoms with van der Waals surface area (Å²) in [6.07, 6.45) is 0.0333. The molecule has 3 rings (SSSR count). The smallest absolute Gasteiger partial charge is 0.339 e. The summed E-state index contributed by atoms with van der Waals surface area (Å²) in [6, 6.07) is 14.1. The van der Waals surface area contributed by atoms with E-state index in [0.717, 1.165) is 6.42 Å². The summed E-state index contributed by atoms with van der Waals surface area (Å²) in [5.41, 5.74) is 1.37. The lowest BCUT2D eigenvalue weighted by molar-refractivity contribution is -0.129. The topological polar surface area (TPSA) is 105 Å². The molecular formula is C21H21N3O5. The van der Waals surface area contributed by atoms with Gasteiger partial charge in [-0.05, 0) is 30.7 Å². The molecule has 0 spiro atoms. The second kappa shape index (κ2) is 9.01. The third kappa shape index (κ3) is 4.78. The van der Waals surface area contributed by atoms with Crippen LogP contribution in [-0.2, 0) is 14.3 Å². The Balaban J connectivity index is 1.76. The van der Waals surface area contributed by atoms with Crippen molar-refractivity contribution in [2.75, 3.05) is 18.5 Å². The molecule has 1 aliphatic rings. The quantitative estimate of drug-likeness (QED) is 0.755. The largest absolute Gasteiger partial charge is 0.444 e. The van der Waals surface area contributed by atoms with Gasteiger partial charge in [0.25, 0.3) is 5.91 Å². The fourth-order valence-electron chi connectivity index (χ4n) is 3.01. The normalized spacial score (nSPS) is 14.2. The van der Waals surface area contributed by atoms with Gasteiger partial charge in [-0.3, -0.25) is 14.9 Å². The van der Waals surface area contributed by atoms with Gasteiger partial charge in [-0.25, -0.2) is 9.59 Å². The van der Waals surface area contributed by atoms with Crippen LogP contribution in [0.4, 0.5) is 10.5 Å². The van der Waals surface area contributed by atoms with Gasteiger partial charge in [0, 0.05) is 31.3 Å². The molecule has 1 saturated heterocycles. The zero-order chi connectivity index (χ0) is 20.8. The maximum absolute atomic E-state index is 12.6. The van der Waals surface area contributed by atoms with E-state index in [0.29, 0.717) is 24.2 Å². The van der Waals surface area contributed by atoms with Crippen molar-refractivity contribution in [1.29, 1.82) is 0 Å². The van der Waals surface area contributed by atoms with Crippen molar-refractivity contribution in [2.45, 2.75) is 18.9 Å². The van der Waals surface area contributed by atoms with Crippen LogP contribution in [0, 0.1) is 0 Å². The molecule has 2 aromatic carbocycles. The highest BCUT2D eigenvalue weighted by Gasteiger charge is 2.27. The highest BCUT2D eigenvalue weighted by Crippen LogP contribution is 2.23. The summed E-state index contributed by atoms with van der Waals surface area (Å²) in [5.74, 6) is -1.43. The van der Waals surface area contributed by atoms with E-state index in [9.17, 15) is 19.2 Å². The van der Waals surface area contributed by atoms with E-state index in [1.165, 1.54) is 7.05 Å². The number of benzene rings is 2. The van der Waals surface area contributed by atoms with E-state index in [-0.39, 0.29) is 11.5 Å². The summed E-state index contributed by atoms with van der Waals surface area (Å²) in [7, 11) is 1.37. The number of ether oxygens (including phenoxy) is 1. The number of amides is 4. The summed E-state index contributed by atoms with van der Waals surface area (Å²) < 4.78 is 5.40. The summed E-state index contributed by atoms with van der Waals surface area (Å²) in [6.45, 7) is 0.651. The second-order valence-corrected chi connectivity index (χ2v) is 6.46. The van der Waals surface area contributed by atoms with Crippen molar-refractivity contribution < 1.29 is 23.9 Å². The van der Waals surface area contributed by atoms with Crippen molar-refractivity contribution in [2.24, 2.45) is 0 Å². The molecule has 0 saturated carbocycles. The first-order valence-corrected chi connectivity index (χ1v) is 9.18. The molecule has 4 amide bonds. The number of hydrogen-bond donors (Lipinski definition) is 2. The van der Waals surface area contributed by atoms with Gasteiger partial charge in [0.15, 0.2) is 0 Å². The number of carbonyl (C=O) groups is 4. The molecule has 8 nitrogen and oxygen atoms in total. The third-order valence-electron chi connectivity index (χ3n) is 4.52. The second-order valence-electron chi connectivity index (χ2n) is 6.46. The average molecular weight is 395 g/mol. The molecule has 0 unspecified atom stereocenters. The van der Waals surface area contributed by atoms with Crippen LogP contribution in [0.15, 0.2) is 54.6 Å². The molecule has 0 aromatic heterocycles. The van der Waals surface area contributed by atoms with Gasteiger partial charge < -0.3 is 15.0 Å². The Morgan fingerprint density at radius 2 is 1.72 bits per heavy atom. The Morgan fingerprint density at radius 1 is 1.03 bits per heavy atom.